The molecule has 2 aromatic carbocycles. The van der Waals surface area contributed by atoms with Crippen molar-refractivity contribution in [2.45, 2.75) is 51.2 Å². The number of pyridine rings is 1. The predicted molar refractivity (Wildman–Crippen MR) is 150 cm³/mol. The van der Waals surface area contributed by atoms with Gasteiger partial charge in [0.05, 0.1) is 28.5 Å². The molecule has 0 bridgehead atoms. The van der Waals surface area contributed by atoms with Gasteiger partial charge in [0.2, 0.25) is 0 Å². The lowest BCUT2D eigenvalue weighted by Crippen LogP contribution is -2.41. The monoisotopic (exact) mass is 509 g/mol. The molecule has 1 amide bonds. The number of benzene rings is 2. The predicted octanol–water partition coefficient (Wildman–Crippen LogP) is 5.49. The summed E-state index contributed by atoms with van der Waals surface area (Å²) in [5.74, 6) is 0.691. The summed E-state index contributed by atoms with van der Waals surface area (Å²) in [6.07, 6.45) is 5.98. The number of nitrogens with zero attached hydrogens (tertiary/aromatic N) is 3. The highest BCUT2D eigenvalue weighted by atomic mass is 16.3. The maximum Gasteiger partial charge on any atom is 0.251 e. The number of carbonyl (C=O) groups is 1. The molecule has 2 aromatic heterocycles. The van der Waals surface area contributed by atoms with Crippen molar-refractivity contribution in [3.05, 3.63) is 78.1 Å². The van der Waals surface area contributed by atoms with Crippen molar-refractivity contribution in [1.29, 1.82) is 0 Å². The summed E-state index contributed by atoms with van der Waals surface area (Å²) in [6.45, 7) is 5.71. The minimum absolute atomic E-state index is 0.0655. The van der Waals surface area contributed by atoms with E-state index < -0.39 is 5.60 Å². The van der Waals surface area contributed by atoms with Crippen molar-refractivity contribution in [2.75, 3.05) is 18.0 Å². The lowest BCUT2D eigenvalue weighted by atomic mass is 9.83. The molecule has 1 aliphatic heterocycles. The van der Waals surface area contributed by atoms with Crippen LogP contribution in [0.1, 0.15) is 61.6 Å². The summed E-state index contributed by atoms with van der Waals surface area (Å²) in [4.78, 5) is 20.2. The standard InChI is InChI=1S/C31H35N5O2/c1-31(2,38)23-14-17-36(18-15-23)24-11-8-20(9-12-24)28-25-19-22(10-13-26(25)34-35-28)30(37)33-29(21-6-7-21)27-5-3-4-16-32-27/h3-5,8-13,16,19,21,23,29,38H,6-7,14-15,17-18H2,1-2H3,(H,33,37)(H,34,35)/t29-/m0/s1. The van der Waals surface area contributed by atoms with Crippen LogP contribution >= 0.6 is 0 Å². The Morgan fingerprint density at radius 3 is 2.47 bits per heavy atom. The highest BCUT2D eigenvalue weighted by molar-refractivity contribution is 6.01. The minimum Gasteiger partial charge on any atom is -0.390 e. The van der Waals surface area contributed by atoms with E-state index >= 15 is 0 Å². The van der Waals surface area contributed by atoms with E-state index in [0.717, 1.165) is 66.6 Å². The molecule has 6 rings (SSSR count). The molecular weight excluding hydrogens is 474 g/mol. The van der Waals surface area contributed by atoms with Gasteiger partial charge in [-0.1, -0.05) is 18.2 Å². The van der Waals surface area contributed by atoms with E-state index in [2.05, 4.69) is 49.7 Å². The zero-order chi connectivity index (χ0) is 26.3. The van der Waals surface area contributed by atoms with Crippen LogP contribution in [-0.4, -0.2) is 44.9 Å². The van der Waals surface area contributed by atoms with Crippen molar-refractivity contribution in [3.8, 4) is 11.3 Å². The second-order valence-electron chi connectivity index (χ2n) is 11.3. The van der Waals surface area contributed by atoms with Crippen LogP contribution in [0.25, 0.3) is 22.2 Å². The van der Waals surface area contributed by atoms with Gasteiger partial charge in [-0.25, -0.2) is 0 Å². The SMILES string of the molecule is CC(C)(O)C1CCN(c2ccc(-c3n[nH]c4ccc(C(=O)N[C@H](c5ccccn5)C5CC5)cc34)cc2)CC1. The molecule has 1 saturated heterocycles. The highest BCUT2D eigenvalue weighted by Crippen LogP contribution is 2.40. The highest BCUT2D eigenvalue weighted by Gasteiger charge is 2.34. The number of aromatic nitrogens is 3. The Morgan fingerprint density at radius 1 is 1.05 bits per heavy atom. The fraction of sp³-hybridized carbons (Fsp3) is 0.387. The van der Waals surface area contributed by atoms with Gasteiger partial charge in [0.1, 0.15) is 0 Å². The van der Waals surface area contributed by atoms with Crippen molar-refractivity contribution < 1.29 is 9.90 Å². The van der Waals surface area contributed by atoms with E-state index in [0.29, 0.717) is 17.4 Å². The number of amides is 1. The first-order valence-electron chi connectivity index (χ1n) is 13.6. The molecule has 1 saturated carbocycles. The summed E-state index contributed by atoms with van der Waals surface area (Å²) in [5, 5.41) is 22.2. The first-order chi connectivity index (χ1) is 18.4. The van der Waals surface area contributed by atoms with Crippen LogP contribution in [0.3, 0.4) is 0 Å². The fourth-order valence-corrected chi connectivity index (χ4v) is 5.70. The first-order valence-corrected chi connectivity index (χ1v) is 13.6. The Morgan fingerprint density at radius 2 is 1.82 bits per heavy atom. The van der Waals surface area contributed by atoms with Gasteiger partial charge in [-0.2, -0.15) is 5.10 Å². The third-order valence-corrected chi connectivity index (χ3v) is 8.21. The Hall–Kier alpha value is -3.71. The number of piperidine rings is 1. The van der Waals surface area contributed by atoms with Crippen molar-refractivity contribution in [1.82, 2.24) is 20.5 Å². The maximum absolute atomic E-state index is 13.3. The van der Waals surface area contributed by atoms with Crippen LogP contribution in [0.4, 0.5) is 5.69 Å². The molecule has 196 valence electrons. The summed E-state index contributed by atoms with van der Waals surface area (Å²) in [7, 11) is 0. The topological polar surface area (TPSA) is 94.1 Å². The van der Waals surface area contributed by atoms with E-state index in [4.69, 9.17) is 0 Å². The molecule has 7 heteroatoms. The third-order valence-electron chi connectivity index (χ3n) is 8.21. The Bertz CT molecular complexity index is 1410. The number of aromatic amines is 1. The molecule has 0 unspecified atom stereocenters. The van der Waals surface area contributed by atoms with Crippen molar-refractivity contribution in [3.63, 3.8) is 0 Å². The zero-order valence-electron chi connectivity index (χ0n) is 22.0. The fourth-order valence-electron chi connectivity index (χ4n) is 5.70. The average Bonchev–Trinajstić information content (AvgIpc) is 3.70. The quantitative estimate of drug-likeness (QED) is 0.306. The summed E-state index contributed by atoms with van der Waals surface area (Å²) in [6, 6.07) is 20.0. The van der Waals surface area contributed by atoms with E-state index in [-0.39, 0.29) is 11.9 Å². The van der Waals surface area contributed by atoms with Gasteiger partial charge in [-0.15, -0.1) is 0 Å². The molecule has 7 nitrogen and oxygen atoms in total. The molecule has 1 atom stereocenters. The summed E-state index contributed by atoms with van der Waals surface area (Å²) >= 11 is 0. The zero-order valence-corrected chi connectivity index (χ0v) is 22.0. The normalized spacial score (nSPS) is 17.5. The van der Waals surface area contributed by atoms with Gasteiger partial charge < -0.3 is 15.3 Å². The number of nitrogens with one attached hydrogen (secondary N) is 2. The second kappa shape index (κ2) is 9.87. The van der Waals surface area contributed by atoms with Crippen LogP contribution in [-0.2, 0) is 0 Å². The van der Waals surface area contributed by atoms with Crippen LogP contribution in [0.15, 0.2) is 66.9 Å². The maximum atomic E-state index is 13.3. The molecule has 38 heavy (non-hydrogen) atoms. The molecule has 2 fully saturated rings. The number of carbonyl (C=O) groups excluding carboxylic acids is 1. The molecule has 1 aliphatic carbocycles. The third kappa shape index (κ3) is 5.03. The molecule has 2 aliphatic rings. The largest absolute Gasteiger partial charge is 0.390 e. The Kier molecular flexibility index (Phi) is 6.40. The van der Waals surface area contributed by atoms with Gasteiger partial charge in [0.25, 0.3) is 5.91 Å². The van der Waals surface area contributed by atoms with Crippen LogP contribution in [0.2, 0.25) is 0 Å². The number of anilines is 1. The lowest BCUT2D eigenvalue weighted by Gasteiger charge is -2.38. The van der Waals surface area contributed by atoms with E-state index in [9.17, 15) is 9.90 Å². The van der Waals surface area contributed by atoms with E-state index in [1.54, 1.807) is 6.20 Å². The number of hydrogen-bond acceptors (Lipinski definition) is 5. The number of fused-ring (bicyclic) bond motifs is 1. The molecule has 4 aromatic rings. The van der Waals surface area contributed by atoms with Gasteiger partial charge in [0, 0.05) is 41.5 Å². The first kappa shape index (κ1) is 24.6. The molecule has 0 spiro atoms. The minimum atomic E-state index is -0.621. The van der Waals surface area contributed by atoms with Crippen LogP contribution in [0.5, 0.6) is 0 Å². The molecular formula is C31H35N5O2. The van der Waals surface area contributed by atoms with Gasteiger partial charge in [0.15, 0.2) is 0 Å². The van der Waals surface area contributed by atoms with Crippen LogP contribution < -0.4 is 10.2 Å². The molecule has 3 heterocycles. The van der Waals surface area contributed by atoms with Gasteiger partial charge in [-0.05, 0) is 93.8 Å². The second-order valence-corrected chi connectivity index (χ2v) is 11.3. The van der Waals surface area contributed by atoms with Crippen molar-refractivity contribution in [2.24, 2.45) is 11.8 Å². The summed E-state index contributed by atoms with van der Waals surface area (Å²) in [5.41, 5.74) is 4.84. The number of H-pyrrole nitrogens is 1. The number of aliphatic hydroxyl groups is 1. The molecule has 3 N–H and O–H groups in total. The summed E-state index contributed by atoms with van der Waals surface area (Å²) < 4.78 is 0. The molecule has 0 radical (unpaired) electrons. The number of rotatable bonds is 7. The van der Waals surface area contributed by atoms with Crippen molar-refractivity contribution >= 4 is 22.5 Å². The Labute approximate surface area is 223 Å². The van der Waals surface area contributed by atoms with Gasteiger partial charge >= 0.3 is 0 Å². The smallest absolute Gasteiger partial charge is 0.251 e. The average molecular weight is 510 g/mol. The number of hydrogen-bond donors (Lipinski definition) is 3. The lowest BCUT2D eigenvalue weighted by molar-refractivity contribution is 0.00651. The Balaban J connectivity index is 1.19. The van der Waals surface area contributed by atoms with Crippen LogP contribution in [0, 0.1) is 11.8 Å². The van der Waals surface area contributed by atoms with Gasteiger partial charge in [-0.3, -0.25) is 14.9 Å². The van der Waals surface area contributed by atoms with E-state index in [1.807, 2.05) is 50.2 Å². The van der Waals surface area contributed by atoms with E-state index in [1.165, 1.54) is 5.69 Å².